The van der Waals surface area contributed by atoms with Crippen LogP contribution in [0.1, 0.15) is 18.1 Å². The first-order valence-electron chi connectivity index (χ1n) is 7.79. The van der Waals surface area contributed by atoms with Crippen LogP contribution in [0.15, 0.2) is 48.5 Å². The molecule has 0 fully saturated rings. The second-order valence-electron chi connectivity index (χ2n) is 5.49. The molecule has 0 unspecified atom stereocenters. The molecule has 0 radical (unpaired) electrons. The number of nitrogens with zero attached hydrogens (tertiary/aromatic N) is 2. The Hall–Kier alpha value is -3.20. The summed E-state index contributed by atoms with van der Waals surface area (Å²) in [5.74, 6) is -0.895. The molecule has 0 saturated heterocycles. The summed E-state index contributed by atoms with van der Waals surface area (Å²) in [4.78, 5) is 25.2. The Kier molecular flexibility index (Phi) is 6.24. The van der Waals surface area contributed by atoms with E-state index in [1.807, 2.05) is 6.07 Å². The fourth-order valence-electron chi connectivity index (χ4n) is 2.32. The highest BCUT2D eigenvalue weighted by atomic mass is 19.1. The van der Waals surface area contributed by atoms with Gasteiger partial charge in [0.15, 0.2) is 0 Å². The first-order chi connectivity index (χ1) is 12.0. The van der Waals surface area contributed by atoms with Crippen LogP contribution in [0.4, 0.5) is 10.1 Å². The van der Waals surface area contributed by atoms with Gasteiger partial charge in [0.2, 0.25) is 11.8 Å². The number of rotatable bonds is 6. The Balaban J connectivity index is 1.92. The molecule has 25 heavy (non-hydrogen) atoms. The van der Waals surface area contributed by atoms with Gasteiger partial charge >= 0.3 is 0 Å². The quantitative estimate of drug-likeness (QED) is 0.878. The molecule has 0 aliphatic carbocycles. The lowest BCUT2D eigenvalue weighted by molar-refractivity contribution is -0.123. The number of carbonyl (C=O) groups excluding carboxylic acids is 2. The van der Waals surface area contributed by atoms with Gasteiger partial charge in [-0.3, -0.25) is 9.59 Å². The van der Waals surface area contributed by atoms with Gasteiger partial charge in [-0.1, -0.05) is 18.2 Å². The summed E-state index contributed by atoms with van der Waals surface area (Å²) < 4.78 is 12.8. The molecule has 2 amide bonds. The summed E-state index contributed by atoms with van der Waals surface area (Å²) in [7, 11) is 0. The minimum absolute atomic E-state index is 0.131. The van der Waals surface area contributed by atoms with Crippen molar-refractivity contribution in [2.45, 2.75) is 13.3 Å². The Morgan fingerprint density at radius 1 is 1.20 bits per heavy atom. The predicted octanol–water partition coefficient (Wildman–Crippen LogP) is 2.41. The van der Waals surface area contributed by atoms with E-state index in [4.69, 9.17) is 5.26 Å². The third-order valence-electron chi connectivity index (χ3n) is 3.62. The van der Waals surface area contributed by atoms with Gasteiger partial charge in [-0.05, 0) is 42.3 Å². The molecule has 1 N–H and O–H groups in total. The highest BCUT2D eigenvalue weighted by Gasteiger charge is 2.16. The van der Waals surface area contributed by atoms with Crippen molar-refractivity contribution >= 4 is 17.5 Å². The molecule has 2 rings (SSSR count). The highest BCUT2D eigenvalue weighted by Crippen LogP contribution is 2.16. The molecule has 0 aliphatic rings. The van der Waals surface area contributed by atoms with Crippen molar-refractivity contribution in [3.63, 3.8) is 0 Å². The number of halogens is 1. The average molecular weight is 339 g/mol. The maximum absolute atomic E-state index is 12.8. The molecule has 0 aromatic heterocycles. The van der Waals surface area contributed by atoms with E-state index >= 15 is 0 Å². The van der Waals surface area contributed by atoms with Crippen molar-refractivity contribution in [2.24, 2.45) is 0 Å². The van der Waals surface area contributed by atoms with E-state index in [1.165, 1.54) is 24.0 Å². The molecule has 0 bridgehead atoms. The van der Waals surface area contributed by atoms with E-state index in [2.05, 4.69) is 5.32 Å². The first-order valence-corrected chi connectivity index (χ1v) is 7.79. The number of carbonyl (C=O) groups is 2. The van der Waals surface area contributed by atoms with Gasteiger partial charge in [0, 0.05) is 19.2 Å². The van der Waals surface area contributed by atoms with Crippen LogP contribution in [-0.2, 0) is 16.0 Å². The highest BCUT2D eigenvalue weighted by molar-refractivity contribution is 5.97. The summed E-state index contributed by atoms with van der Waals surface area (Å²) in [6.07, 6.45) is 0.565. The van der Waals surface area contributed by atoms with E-state index in [0.29, 0.717) is 24.2 Å². The van der Waals surface area contributed by atoms with Gasteiger partial charge in [-0.2, -0.15) is 5.26 Å². The molecular weight excluding hydrogens is 321 g/mol. The second kappa shape index (κ2) is 8.60. The number of hydrogen-bond acceptors (Lipinski definition) is 3. The van der Waals surface area contributed by atoms with Crippen LogP contribution in [-0.4, -0.2) is 24.9 Å². The molecule has 0 aliphatic heterocycles. The zero-order valence-electron chi connectivity index (χ0n) is 13.8. The van der Waals surface area contributed by atoms with Crippen LogP contribution in [0.5, 0.6) is 0 Å². The molecule has 0 saturated carbocycles. The fraction of sp³-hybridized carbons (Fsp3) is 0.211. The lowest BCUT2D eigenvalue weighted by Crippen LogP contribution is -2.40. The Morgan fingerprint density at radius 3 is 2.56 bits per heavy atom. The number of hydrogen-bond donors (Lipinski definition) is 1. The minimum Gasteiger partial charge on any atom is -0.354 e. The van der Waals surface area contributed by atoms with Crippen LogP contribution >= 0.6 is 0 Å². The Morgan fingerprint density at radius 2 is 1.92 bits per heavy atom. The lowest BCUT2D eigenvalue weighted by atomic mass is 10.1. The minimum atomic E-state index is -0.306. The Bertz CT molecular complexity index is 797. The van der Waals surface area contributed by atoms with Gasteiger partial charge in [0.1, 0.15) is 12.4 Å². The van der Waals surface area contributed by atoms with Crippen molar-refractivity contribution in [3.8, 4) is 6.07 Å². The fourth-order valence-corrected chi connectivity index (χ4v) is 2.32. The number of amides is 2. The summed E-state index contributed by atoms with van der Waals surface area (Å²) in [6.45, 7) is 1.62. The smallest absolute Gasteiger partial charge is 0.240 e. The Labute approximate surface area is 145 Å². The van der Waals surface area contributed by atoms with Crippen LogP contribution in [0, 0.1) is 17.1 Å². The molecule has 128 valence electrons. The van der Waals surface area contributed by atoms with Gasteiger partial charge in [-0.15, -0.1) is 0 Å². The molecule has 0 atom stereocenters. The third-order valence-corrected chi connectivity index (χ3v) is 3.62. The summed E-state index contributed by atoms with van der Waals surface area (Å²) >= 11 is 0. The zero-order chi connectivity index (χ0) is 18.2. The summed E-state index contributed by atoms with van der Waals surface area (Å²) in [5, 5.41) is 11.7. The third kappa shape index (κ3) is 5.43. The van der Waals surface area contributed by atoms with E-state index in [9.17, 15) is 14.0 Å². The second-order valence-corrected chi connectivity index (χ2v) is 5.49. The molecule has 5 nitrogen and oxygen atoms in total. The number of anilines is 1. The average Bonchev–Trinajstić information content (AvgIpc) is 2.61. The number of nitrogens with one attached hydrogen (secondary N) is 1. The van der Waals surface area contributed by atoms with Gasteiger partial charge in [-0.25, -0.2) is 4.39 Å². The summed E-state index contributed by atoms with van der Waals surface area (Å²) in [6, 6.07) is 14.6. The molecule has 0 spiro atoms. The van der Waals surface area contributed by atoms with E-state index in [1.54, 1.807) is 36.4 Å². The van der Waals surface area contributed by atoms with Crippen LogP contribution in [0.3, 0.4) is 0 Å². The predicted molar refractivity (Wildman–Crippen MR) is 92.3 cm³/mol. The van der Waals surface area contributed by atoms with E-state index in [-0.39, 0.29) is 24.2 Å². The van der Waals surface area contributed by atoms with E-state index in [0.717, 1.165) is 5.56 Å². The standard InChI is InChI=1S/C19H18FN3O2/c1-14(24)23(18-4-2-3-16(11-18)12-21)13-19(25)22-10-9-15-5-7-17(20)8-6-15/h2-8,11H,9-10,13H2,1H3,(H,22,25). The van der Waals surface area contributed by atoms with Crippen LogP contribution in [0.2, 0.25) is 0 Å². The molecule has 2 aromatic carbocycles. The van der Waals surface area contributed by atoms with Gasteiger partial charge in [0.25, 0.3) is 0 Å². The van der Waals surface area contributed by atoms with Crippen molar-refractivity contribution < 1.29 is 14.0 Å². The van der Waals surface area contributed by atoms with Gasteiger partial charge < -0.3 is 10.2 Å². The molecule has 2 aromatic rings. The number of benzene rings is 2. The molecule has 0 heterocycles. The largest absolute Gasteiger partial charge is 0.354 e. The van der Waals surface area contributed by atoms with Crippen molar-refractivity contribution in [2.75, 3.05) is 18.0 Å². The topological polar surface area (TPSA) is 73.2 Å². The maximum atomic E-state index is 12.8. The van der Waals surface area contributed by atoms with Crippen LogP contribution in [0.25, 0.3) is 0 Å². The van der Waals surface area contributed by atoms with Crippen molar-refractivity contribution in [1.82, 2.24) is 5.32 Å². The number of nitriles is 1. The first kappa shape index (κ1) is 18.1. The molecule has 6 heteroatoms. The monoisotopic (exact) mass is 339 g/mol. The van der Waals surface area contributed by atoms with Crippen molar-refractivity contribution in [3.05, 3.63) is 65.5 Å². The summed E-state index contributed by atoms with van der Waals surface area (Å²) in [5.41, 5.74) is 1.83. The van der Waals surface area contributed by atoms with Crippen molar-refractivity contribution in [1.29, 1.82) is 5.26 Å². The van der Waals surface area contributed by atoms with Crippen LogP contribution < -0.4 is 10.2 Å². The maximum Gasteiger partial charge on any atom is 0.240 e. The SMILES string of the molecule is CC(=O)N(CC(=O)NCCc1ccc(F)cc1)c1cccc(C#N)c1. The molecular formula is C19H18FN3O2. The van der Waals surface area contributed by atoms with E-state index < -0.39 is 0 Å². The zero-order valence-corrected chi connectivity index (χ0v) is 13.8. The van der Waals surface area contributed by atoms with Gasteiger partial charge in [0.05, 0.1) is 11.6 Å². The lowest BCUT2D eigenvalue weighted by Gasteiger charge is -2.20. The normalized spacial score (nSPS) is 9.96.